The maximum Gasteiger partial charge on any atom is 0.311 e. The summed E-state index contributed by atoms with van der Waals surface area (Å²) in [5.41, 5.74) is -0.555. The molecule has 0 radical (unpaired) electrons. The summed E-state index contributed by atoms with van der Waals surface area (Å²) < 4.78 is 0. The molecule has 0 atom stereocenters. The number of carbonyl (C=O) groups is 2. The van der Waals surface area contributed by atoms with E-state index in [-0.39, 0.29) is 22.4 Å². The number of hydrogen-bond donors (Lipinski definition) is 2. The number of nitrogens with one attached hydrogen (secondary N) is 1. The van der Waals surface area contributed by atoms with Crippen LogP contribution in [0.15, 0.2) is 12.1 Å². The van der Waals surface area contributed by atoms with Gasteiger partial charge in [-0.05, 0) is 25.0 Å². The minimum atomic E-state index is -0.871. The van der Waals surface area contributed by atoms with Crippen LogP contribution in [0.3, 0.4) is 0 Å². The Labute approximate surface area is 119 Å². The molecule has 7 heteroatoms. The third-order valence-electron chi connectivity index (χ3n) is 3.38. The van der Waals surface area contributed by atoms with Gasteiger partial charge in [-0.15, -0.1) is 0 Å². The highest BCUT2D eigenvalue weighted by Crippen LogP contribution is 2.40. The molecule has 1 saturated carbocycles. The quantitative estimate of drug-likeness (QED) is 0.837. The molecule has 2 N–H and O–H groups in total. The lowest BCUT2D eigenvalue weighted by molar-refractivity contribution is -0.153. The molecule has 1 amide bonds. The fourth-order valence-electron chi connectivity index (χ4n) is 2.02. The van der Waals surface area contributed by atoms with E-state index in [0.717, 1.165) is 6.42 Å². The molecule has 0 unspecified atom stereocenters. The van der Waals surface area contributed by atoms with Gasteiger partial charge < -0.3 is 10.4 Å². The van der Waals surface area contributed by atoms with E-state index in [1.807, 2.05) is 0 Å². The molecule has 19 heavy (non-hydrogen) atoms. The number of nitrogens with zero attached hydrogens (tertiary/aromatic N) is 1. The number of amides is 1. The lowest BCUT2D eigenvalue weighted by atomic mass is 9.69. The summed E-state index contributed by atoms with van der Waals surface area (Å²) in [6.45, 7) is 0.110. The Kier molecular flexibility index (Phi) is 3.96. The summed E-state index contributed by atoms with van der Waals surface area (Å²) in [6, 6.07) is 2.77. The topological polar surface area (TPSA) is 79.3 Å². The van der Waals surface area contributed by atoms with E-state index < -0.39 is 17.3 Å². The van der Waals surface area contributed by atoms with Crippen molar-refractivity contribution in [1.82, 2.24) is 10.3 Å². The van der Waals surface area contributed by atoms with Gasteiger partial charge in [0, 0.05) is 12.1 Å². The number of carbonyl (C=O) groups excluding carboxylic acids is 1. The molecular formula is C12H12Cl2N2O3. The molecule has 0 spiro atoms. The number of halogens is 2. The summed E-state index contributed by atoms with van der Waals surface area (Å²) in [4.78, 5) is 26.8. The molecule has 1 aliphatic carbocycles. The molecule has 0 saturated heterocycles. The van der Waals surface area contributed by atoms with E-state index >= 15 is 0 Å². The summed E-state index contributed by atoms with van der Waals surface area (Å²) in [6.07, 6.45) is 2.04. The van der Waals surface area contributed by atoms with E-state index in [1.165, 1.54) is 12.1 Å². The Bertz CT molecular complexity index is 509. The van der Waals surface area contributed by atoms with Gasteiger partial charge in [-0.1, -0.05) is 29.6 Å². The number of aliphatic carboxylic acids is 1. The maximum absolute atomic E-state index is 11.9. The predicted octanol–water partition coefficient (Wildman–Crippen LogP) is 2.37. The monoisotopic (exact) mass is 302 g/mol. The van der Waals surface area contributed by atoms with Crippen LogP contribution in [0.1, 0.15) is 29.6 Å². The van der Waals surface area contributed by atoms with E-state index in [1.54, 1.807) is 0 Å². The smallest absolute Gasteiger partial charge is 0.311 e. The van der Waals surface area contributed by atoms with E-state index in [4.69, 9.17) is 28.3 Å². The average Bonchev–Trinajstić information content (AvgIpc) is 2.25. The standard InChI is InChI=1S/C12H12Cl2N2O3/c13-8-4-7(5-9(14)16-8)10(17)15-6-12(11(18)19)2-1-3-12/h4-5H,1-3,6H2,(H,15,17)(H,18,19). The van der Waals surface area contributed by atoms with E-state index in [9.17, 15) is 9.59 Å². The average molecular weight is 303 g/mol. The molecule has 0 aliphatic heterocycles. The molecule has 1 fully saturated rings. The predicted molar refractivity (Wildman–Crippen MR) is 70.5 cm³/mol. The van der Waals surface area contributed by atoms with Gasteiger partial charge in [0.25, 0.3) is 5.91 Å². The first kappa shape index (κ1) is 14.1. The number of hydrogen-bond acceptors (Lipinski definition) is 3. The first-order valence-corrected chi connectivity index (χ1v) is 6.53. The molecule has 1 heterocycles. The van der Waals surface area contributed by atoms with Crippen LogP contribution in [0, 0.1) is 5.41 Å². The SMILES string of the molecule is O=C(NCC1(C(=O)O)CCC1)c1cc(Cl)nc(Cl)c1. The van der Waals surface area contributed by atoms with Crippen molar-refractivity contribution in [2.24, 2.45) is 5.41 Å². The number of carboxylic acid groups (broad SMARTS) is 1. The molecule has 1 aliphatic rings. The number of pyridine rings is 1. The van der Waals surface area contributed by atoms with Crippen molar-refractivity contribution in [2.45, 2.75) is 19.3 Å². The Balaban J connectivity index is 2.03. The maximum atomic E-state index is 11.9. The van der Waals surface area contributed by atoms with Gasteiger partial charge in [0.05, 0.1) is 5.41 Å². The third-order valence-corrected chi connectivity index (χ3v) is 3.76. The Morgan fingerprint density at radius 3 is 2.32 bits per heavy atom. The normalized spacial score (nSPS) is 16.5. The summed E-state index contributed by atoms with van der Waals surface area (Å²) in [5.74, 6) is -1.27. The molecule has 5 nitrogen and oxygen atoms in total. The zero-order valence-corrected chi connectivity index (χ0v) is 11.5. The van der Waals surface area contributed by atoms with Crippen LogP contribution in [0.5, 0.6) is 0 Å². The summed E-state index contributed by atoms with van der Waals surface area (Å²) >= 11 is 11.4. The van der Waals surface area contributed by atoms with Crippen LogP contribution in [0.2, 0.25) is 10.3 Å². The molecule has 102 valence electrons. The highest BCUT2D eigenvalue weighted by Gasteiger charge is 2.44. The van der Waals surface area contributed by atoms with Crippen molar-refractivity contribution in [1.29, 1.82) is 0 Å². The lowest BCUT2D eigenvalue weighted by Gasteiger charge is -2.37. The number of carboxylic acids is 1. The molecular weight excluding hydrogens is 291 g/mol. The zero-order valence-electron chi connectivity index (χ0n) is 9.95. The van der Waals surface area contributed by atoms with Gasteiger partial charge in [-0.25, -0.2) is 4.98 Å². The first-order chi connectivity index (χ1) is 8.93. The van der Waals surface area contributed by atoms with Gasteiger partial charge in [-0.3, -0.25) is 9.59 Å². The fraction of sp³-hybridized carbons (Fsp3) is 0.417. The second kappa shape index (κ2) is 5.35. The fourth-order valence-corrected chi connectivity index (χ4v) is 2.48. The summed E-state index contributed by atoms with van der Waals surface area (Å²) in [5, 5.41) is 12.0. The van der Waals surface area contributed by atoms with Crippen LogP contribution in [0.4, 0.5) is 0 Å². The second-order valence-electron chi connectivity index (χ2n) is 4.62. The van der Waals surface area contributed by atoms with Gasteiger partial charge in [0.1, 0.15) is 10.3 Å². The lowest BCUT2D eigenvalue weighted by Crippen LogP contribution is -2.47. The summed E-state index contributed by atoms with van der Waals surface area (Å²) in [7, 11) is 0. The van der Waals surface area contributed by atoms with Gasteiger partial charge in [0.15, 0.2) is 0 Å². The van der Waals surface area contributed by atoms with Gasteiger partial charge in [0.2, 0.25) is 0 Å². The van der Waals surface area contributed by atoms with Crippen molar-refractivity contribution < 1.29 is 14.7 Å². The van der Waals surface area contributed by atoms with Crippen molar-refractivity contribution in [3.63, 3.8) is 0 Å². The highest BCUT2D eigenvalue weighted by atomic mass is 35.5. The van der Waals surface area contributed by atoms with Crippen LogP contribution in [-0.4, -0.2) is 28.5 Å². The molecule has 0 aromatic carbocycles. The first-order valence-electron chi connectivity index (χ1n) is 5.78. The zero-order chi connectivity index (χ0) is 14.0. The number of aromatic nitrogens is 1. The van der Waals surface area contributed by atoms with Crippen LogP contribution >= 0.6 is 23.2 Å². The van der Waals surface area contributed by atoms with Gasteiger partial charge >= 0.3 is 5.97 Å². The van der Waals surface area contributed by atoms with Crippen molar-refractivity contribution >= 4 is 35.1 Å². The molecule has 2 rings (SSSR count). The molecule has 1 aromatic rings. The van der Waals surface area contributed by atoms with E-state index in [2.05, 4.69) is 10.3 Å². The van der Waals surface area contributed by atoms with E-state index in [0.29, 0.717) is 12.8 Å². The Hall–Kier alpha value is -1.33. The second-order valence-corrected chi connectivity index (χ2v) is 5.40. The Morgan fingerprint density at radius 1 is 1.32 bits per heavy atom. The van der Waals surface area contributed by atoms with Crippen LogP contribution in [0.25, 0.3) is 0 Å². The van der Waals surface area contributed by atoms with Crippen LogP contribution in [-0.2, 0) is 4.79 Å². The third kappa shape index (κ3) is 2.98. The van der Waals surface area contributed by atoms with Crippen LogP contribution < -0.4 is 5.32 Å². The Morgan fingerprint density at radius 2 is 1.89 bits per heavy atom. The minimum Gasteiger partial charge on any atom is -0.481 e. The molecule has 0 bridgehead atoms. The van der Waals surface area contributed by atoms with Crippen molar-refractivity contribution in [3.05, 3.63) is 28.0 Å². The number of rotatable bonds is 4. The largest absolute Gasteiger partial charge is 0.481 e. The highest BCUT2D eigenvalue weighted by molar-refractivity contribution is 6.33. The van der Waals surface area contributed by atoms with Gasteiger partial charge in [-0.2, -0.15) is 0 Å². The molecule has 1 aromatic heterocycles. The van der Waals surface area contributed by atoms with Crippen molar-refractivity contribution in [3.8, 4) is 0 Å². The minimum absolute atomic E-state index is 0.110. The van der Waals surface area contributed by atoms with Crippen molar-refractivity contribution in [2.75, 3.05) is 6.54 Å².